The molecule has 0 saturated carbocycles. The average Bonchev–Trinajstić information content (AvgIpc) is 3.05. The Bertz CT molecular complexity index is 705. The van der Waals surface area contributed by atoms with Gasteiger partial charge in [-0.15, -0.1) is 16.4 Å². The molecule has 7 nitrogen and oxygen atoms in total. The Morgan fingerprint density at radius 3 is 3.10 bits per heavy atom. The monoisotopic (exact) mass is 307 g/mol. The molecule has 0 unspecified atom stereocenters. The summed E-state index contributed by atoms with van der Waals surface area (Å²) in [7, 11) is 4.05. The number of aromatic nitrogens is 6. The Morgan fingerprint density at radius 2 is 2.25 bits per heavy atom. The molecule has 20 heavy (non-hydrogen) atoms. The van der Waals surface area contributed by atoms with E-state index in [2.05, 4.69) is 30.4 Å². The molecule has 0 aliphatic rings. The van der Waals surface area contributed by atoms with Crippen molar-refractivity contribution in [3.8, 4) is 0 Å². The third-order valence-corrected chi connectivity index (χ3v) is 4.67. The van der Waals surface area contributed by atoms with Gasteiger partial charge in [0.15, 0.2) is 0 Å². The predicted molar refractivity (Wildman–Crippen MR) is 77.9 cm³/mol. The van der Waals surface area contributed by atoms with E-state index < -0.39 is 0 Å². The van der Waals surface area contributed by atoms with E-state index in [4.69, 9.17) is 0 Å². The number of nitrogens with zero attached hydrogens (tertiary/aromatic N) is 7. The Labute approximate surface area is 124 Å². The van der Waals surface area contributed by atoms with E-state index in [0.717, 1.165) is 33.5 Å². The van der Waals surface area contributed by atoms with Crippen molar-refractivity contribution in [3.05, 3.63) is 17.8 Å². The van der Waals surface area contributed by atoms with Crippen LogP contribution in [0, 0.1) is 0 Å². The molecule has 0 aliphatic heterocycles. The first kappa shape index (κ1) is 13.4. The van der Waals surface area contributed by atoms with Crippen LogP contribution in [0.3, 0.4) is 0 Å². The van der Waals surface area contributed by atoms with Crippen LogP contribution in [0.15, 0.2) is 28.0 Å². The number of tetrazole rings is 1. The second-order valence-corrected chi connectivity index (χ2v) is 6.28. The lowest BCUT2D eigenvalue weighted by molar-refractivity contribution is 0.361. The lowest BCUT2D eigenvalue weighted by Crippen LogP contribution is -2.19. The van der Waals surface area contributed by atoms with Gasteiger partial charge in [0.1, 0.15) is 11.4 Å². The minimum absolute atomic E-state index is 0.750. The van der Waals surface area contributed by atoms with Gasteiger partial charge in [0, 0.05) is 6.54 Å². The first-order chi connectivity index (χ1) is 9.74. The Morgan fingerprint density at radius 1 is 1.35 bits per heavy atom. The standard InChI is InChI=1S/C11H13N7S2/c1-17(2)4-5-18-11(14-15-16-18)20-10-9-8(3-6-19-9)12-7-13-10/h3,6-7H,4-5H2,1-2H3. The summed E-state index contributed by atoms with van der Waals surface area (Å²) < 4.78 is 2.87. The van der Waals surface area contributed by atoms with E-state index in [1.165, 1.54) is 11.8 Å². The molecular formula is C11H13N7S2. The summed E-state index contributed by atoms with van der Waals surface area (Å²) in [5.41, 5.74) is 0.958. The molecular weight excluding hydrogens is 294 g/mol. The highest BCUT2D eigenvalue weighted by atomic mass is 32.2. The molecule has 0 atom stereocenters. The van der Waals surface area contributed by atoms with Crippen molar-refractivity contribution < 1.29 is 0 Å². The molecule has 0 amide bonds. The summed E-state index contributed by atoms with van der Waals surface area (Å²) in [4.78, 5) is 10.7. The highest BCUT2D eigenvalue weighted by Crippen LogP contribution is 2.32. The molecule has 0 saturated heterocycles. The maximum absolute atomic E-state index is 4.33. The number of fused-ring (bicyclic) bond motifs is 1. The summed E-state index contributed by atoms with van der Waals surface area (Å²) in [6.07, 6.45) is 1.57. The number of thiophene rings is 1. The van der Waals surface area contributed by atoms with Crippen LogP contribution in [0.5, 0.6) is 0 Å². The fraction of sp³-hybridized carbons (Fsp3) is 0.364. The second-order valence-electron chi connectivity index (χ2n) is 4.40. The SMILES string of the molecule is CN(C)CCn1nnnc1Sc1ncnc2ccsc12. The summed E-state index contributed by atoms with van der Waals surface area (Å²) in [5, 5.41) is 15.5. The molecule has 9 heteroatoms. The zero-order chi connectivity index (χ0) is 13.9. The number of hydrogen-bond donors (Lipinski definition) is 0. The highest BCUT2D eigenvalue weighted by molar-refractivity contribution is 7.99. The summed E-state index contributed by atoms with van der Waals surface area (Å²) in [6, 6.07) is 1.99. The number of hydrogen-bond acceptors (Lipinski definition) is 8. The van der Waals surface area contributed by atoms with E-state index in [-0.39, 0.29) is 0 Å². The van der Waals surface area contributed by atoms with Crippen molar-refractivity contribution in [2.24, 2.45) is 0 Å². The summed E-state index contributed by atoms with van der Waals surface area (Å²) in [5.74, 6) is 0. The molecule has 3 heterocycles. The molecule has 0 N–H and O–H groups in total. The van der Waals surface area contributed by atoms with Crippen molar-refractivity contribution in [3.63, 3.8) is 0 Å². The van der Waals surface area contributed by atoms with Crippen LogP contribution < -0.4 is 0 Å². The Hall–Kier alpha value is -1.58. The third kappa shape index (κ3) is 2.79. The molecule has 0 bridgehead atoms. The topological polar surface area (TPSA) is 72.6 Å². The number of likely N-dealkylation sites (N-methyl/N-ethyl adjacent to an activating group) is 1. The fourth-order valence-electron chi connectivity index (χ4n) is 1.63. The minimum atomic E-state index is 0.750. The van der Waals surface area contributed by atoms with Gasteiger partial charge in [0.25, 0.3) is 0 Å². The van der Waals surface area contributed by atoms with Gasteiger partial charge in [0.05, 0.1) is 16.8 Å². The van der Waals surface area contributed by atoms with Crippen LogP contribution in [0.4, 0.5) is 0 Å². The van der Waals surface area contributed by atoms with Crippen LogP contribution >= 0.6 is 23.1 Å². The van der Waals surface area contributed by atoms with E-state index in [9.17, 15) is 0 Å². The van der Waals surface area contributed by atoms with E-state index in [1.807, 2.05) is 25.5 Å². The van der Waals surface area contributed by atoms with Gasteiger partial charge in [0.2, 0.25) is 5.16 Å². The van der Waals surface area contributed by atoms with Gasteiger partial charge in [-0.2, -0.15) is 0 Å². The van der Waals surface area contributed by atoms with Crippen molar-refractivity contribution in [2.75, 3.05) is 20.6 Å². The average molecular weight is 307 g/mol. The lowest BCUT2D eigenvalue weighted by Gasteiger charge is -2.09. The van der Waals surface area contributed by atoms with Crippen molar-refractivity contribution in [1.82, 2.24) is 35.1 Å². The van der Waals surface area contributed by atoms with Crippen molar-refractivity contribution >= 4 is 33.3 Å². The zero-order valence-electron chi connectivity index (χ0n) is 11.1. The largest absolute Gasteiger partial charge is 0.308 e. The predicted octanol–water partition coefficient (Wildman–Crippen LogP) is 1.39. The van der Waals surface area contributed by atoms with Crippen molar-refractivity contribution in [2.45, 2.75) is 16.7 Å². The number of rotatable bonds is 5. The molecule has 104 valence electrons. The van der Waals surface area contributed by atoms with Crippen LogP contribution in [0.1, 0.15) is 0 Å². The van der Waals surface area contributed by atoms with Gasteiger partial charge in [-0.05, 0) is 47.7 Å². The van der Waals surface area contributed by atoms with Crippen LogP contribution in [0.25, 0.3) is 10.2 Å². The molecule has 0 radical (unpaired) electrons. The Kier molecular flexibility index (Phi) is 3.90. The summed E-state index contributed by atoms with van der Waals surface area (Å²) in [6.45, 7) is 1.64. The van der Waals surface area contributed by atoms with Crippen LogP contribution in [0.2, 0.25) is 0 Å². The van der Waals surface area contributed by atoms with Crippen LogP contribution in [-0.2, 0) is 6.54 Å². The molecule has 0 fully saturated rings. The summed E-state index contributed by atoms with van der Waals surface area (Å²) >= 11 is 3.10. The molecule has 0 spiro atoms. The molecule has 3 aromatic heterocycles. The quantitative estimate of drug-likeness (QED) is 0.659. The van der Waals surface area contributed by atoms with Crippen LogP contribution in [-0.4, -0.2) is 55.7 Å². The van der Waals surface area contributed by atoms with Gasteiger partial charge in [-0.1, -0.05) is 0 Å². The maximum Gasteiger partial charge on any atom is 0.215 e. The highest BCUT2D eigenvalue weighted by Gasteiger charge is 2.12. The molecule has 0 aromatic carbocycles. The first-order valence-electron chi connectivity index (χ1n) is 6.01. The smallest absolute Gasteiger partial charge is 0.215 e. The second kappa shape index (κ2) is 5.81. The van der Waals surface area contributed by atoms with Gasteiger partial charge >= 0.3 is 0 Å². The van der Waals surface area contributed by atoms with Crippen molar-refractivity contribution in [1.29, 1.82) is 0 Å². The maximum atomic E-state index is 4.33. The van der Waals surface area contributed by atoms with Gasteiger partial charge < -0.3 is 4.90 Å². The first-order valence-corrected chi connectivity index (χ1v) is 7.70. The lowest BCUT2D eigenvalue weighted by atomic mass is 10.5. The molecule has 3 aromatic rings. The molecule has 0 aliphatic carbocycles. The minimum Gasteiger partial charge on any atom is -0.308 e. The third-order valence-electron chi connectivity index (χ3n) is 2.66. The van der Waals surface area contributed by atoms with E-state index in [0.29, 0.717) is 0 Å². The normalized spacial score (nSPS) is 11.6. The molecule has 3 rings (SSSR count). The fourth-order valence-corrected chi connectivity index (χ4v) is 3.41. The van der Waals surface area contributed by atoms with E-state index >= 15 is 0 Å². The Balaban J connectivity index is 1.84. The van der Waals surface area contributed by atoms with E-state index in [1.54, 1.807) is 22.3 Å². The van der Waals surface area contributed by atoms with Gasteiger partial charge in [-0.3, -0.25) is 0 Å². The van der Waals surface area contributed by atoms with Gasteiger partial charge in [-0.25, -0.2) is 14.6 Å². The zero-order valence-corrected chi connectivity index (χ0v) is 12.7.